The lowest BCUT2D eigenvalue weighted by Crippen LogP contribution is -2.02. The number of benzene rings is 2. The summed E-state index contributed by atoms with van der Waals surface area (Å²) in [6, 6.07) is 12.3. The predicted octanol–water partition coefficient (Wildman–Crippen LogP) is 4.66. The highest BCUT2D eigenvalue weighted by molar-refractivity contribution is 6.31. The van der Waals surface area contributed by atoms with Crippen LogP contribution in [-0.2, 0) is 6.54 Å². The van der Waals surface area contributed by atoms with Gasteiger partial charge in [-0.25, -0.2) is 4.98 Å². The summed E-state index contributed by atoms with van der Waals surface area (Å²) in [7, 11) is 0. The van der Waals surface area contributed by atoms with Crippen molar-refractivity contribution < 1.29 is 0 Å². The fourth-order valence-electron chi connectivity index (χ4n) is 2.50. The van der Waals surface area contributed by atoms with Gasteiger partial charge in [-0.2, -0.15) is 0 Å². The molecule has 20 heavy (non-hydrogen) atoms. The molecule has 0 fully saturated rings. The Kier molecular flexibility index (Phi) is 3.27. The third kappa shape index (κ3) is 2.20. The van der Waals surface area contributed by atoms with Crippen LogP contribution in [0.4, 0.5) is 0 Å². The number of halogens is 1. The summed E-state index contributed by atoms with van der Waals surface area (Å²) < 4.78 is 2.23. The van der Waals surface area contributed by atoms with E-state index in [2.05, 4.69) is 41.6 Å². The Hall–Kier alpha value is -1.80. The fraction of sp³-hybridized carbons (Fsp3) is 0.235. The van der Waals surface area contributed by atoms with Crippen LogP contribution in [0.3, 0.4) is 0 Å². The van der Waals surface area contributed by atoms with Crippen molar-refractivity contribution in [2.24, 2.45) is 0 Å². The molecule has 0 saturated carbocycles. The minimum Gasteiger partial charge on any atom is -0.324 e. The van der Waals surface area contributed by atoms with Gasteiger partial charge in [-0.1, -0.05) is 29.8 Å². The third-order valence-electron chi connectivity index (χ3n) is 3.84. The minimum absolute atomic E-state index is 0.754. The fourth-order valence-corrected chi connectivity index (χ4v) is 2.69. The molecule has 102 valence electrons. The van der Waals surface area contributed by atoms with Crippen LogP contribution >= 0.6 is 11.6 Å². The van der Waals surface area contributed by atoms with E-state index in [4.69, 9.17) is 11.6 Å². The van der Waals surface area contributed by atoms with Crippen molar-refractivity contribution >= 4 is 22.6 Å². The lowest BCUT2D eigenvalue weighted by Gasteiger charge is -2.09. The summed E-state index contributed by atoms with van der Waals surface area (Å²) in [5.41, 5.74) is 5.91. The van der Waals surface area contributed by atoms with E-state index in [1.165, 1.54) is 16.6 Å². The molecule has 0 bridgehead atoms. The van der Waals surface area contributed by atoms with E-state index in [-0.39, 0.29) is 0 Å². The van der Waals surface area contributed by atoms with Gasteiger partial charge >= 0.3 is 0 Å². The van der Waals surface area contributed by atoms with Gasteiger partial charge in [0.25, 0.3) is 0 Å². The first kappa shape index (κ1) is 13.2. The topological polar surface area (TPSA) is 17.8 Å². The summed E-state index contributed by atoms with van der Waals surface area (Å²) in [6.45, 7) is 7.06. The Bertz CT molecular complexity index is 787. The quantitative estimate of drug-likeness (QED) is 0.669. The number of aromatic nitrogens is 2. The molecule has 0 saturated heterocycles. The van der Waals surface area contributed by atoms with E-state index in [9.17, 15) is 0 Å². The Morgan fingerprint density at radius 1 is 1.05 bits per heavy atom. The van der Waals surface area contributed by atoms with Crippen molar-refractivity contribution in [1.82, 2.24) is 9.55 Å². The van der Waals surface area contributed by atoms with Crippen molar-refractivity contribution in [2.45, 2.75) is 27.3 Å². The van der Waals surface area contributed by atoms with E-state index in [1.807, 2.05) is 25.1 Å². The van der Waals surface area contributed by atoms with Crippen LogP contribution in [0, 0.1) is 20.8 Å². The summed E-state index contributed by atoms with van der Waals surface area (Å²) in [5.74, 6) is 1.02. The van der Waals surface area contributed by atoms with Crippen molar-refractivity contribution in [3.8, 4) is 0 Å². The number of fused-ring (bicyclic) bond motifs is 1. The molecule has 2 nitrogen and oxygen atoms in total. The number of aryl methyl sites for hydroxylation is 3. The second kappa shape index (κ2) is 4.95. The van der Waals surface area contributed by atoms with E-state index in [1.54, 1.807) is 0 Å². The van der Waals surface area contributed by atoms with Gasteiger partial charge in [-0.15, -0.1) is 0 Å². The van der Waals surface area contributed by atoms with E-state index < -0.39 is 0 Å². The molecule has 0 atom stereocenters. The number of nitrogens with zero attached hydrogens (tertiary/aromatic N) is 2. The highest BCUT2D eigenvalue weighted by atomic mass is 35.5. The summed E-state index contributed by atoms with van der Waals surface area (Å²) in [6.07, 6.45) is 0. The normalized spacial score (nSPS) is 11.2. The number of hydrogen-bond donors (Lipinski definition) is 0. The summed E-state index contributed by atoms with van der Waals surface area (Å²) in [5, 5.41) is 0.803. The van der Waals surface area contributed by atoms with Crippen molar-refractivity contribution in [3.63, 3.8) is 0 Å². The minimum atomic E-state index is 0.754. The molecule has 0 aliphatic carbocycles. The van der Waals surface area contributed by atoms with Gasteiger partial charge in [0.05, 0.1) is 17.6 Å². The molecular weight excluding hydrogens is 268 g/mol. The van der Waals surface area contributed by atoms with Gasteiger partial charge < -0.3 is 4.57 Å². The maximum absolute atomic E-state index is 6.27. The van der Waals surface area contributed by atoms with Crippen LogP contribution in [0.25, 0.3) is 11.0 Å². The van der Waals surface area contributed by atoms with Gasteiger partial charge in [0.2, 0.25) is 0 Å². The molecular formula is C17H17ClN2. The average molecular weight is 285 g/mol. The van der Waals surface area contributed by atoms with E-state index in [0.717, 1.165) is 28.5 Å². The molecule has 0 N–H and O–H groups in total. The van der Waals surface area contributed by atoms with Crippen LogP contribution in [0.15, 0.2) is 36.4 Å². The highest BCUT2D eigenvalue weighted by Crippen LogP contribution is 2.23. The monoisotopic (exact) mass is 284 g/mol. The standard InChI is InChI=1S/C17H17ClN2/c1-11-8-16-17(9-12(11)2)20(13(3)19-16)10-14-6-4-5-7-15(14)18/h4-9H,10H2,1-3H3. The van der Waals surface area contributed by atoms with Gasteiger partial charge in [0.15, 0.2) is 0 Å². The Morgan fingerprint density at radius 2 is 1.75 bits per heavy atom. The molecule has 0 spiro atoms. The van der Waals surface area contributed by atoms with Crippen molar-refractivity contribution in [3.05, 3.63) is 63.9 Å². The molecule has 0 aliphatic heterocycles. The van der Waals surface area contributed by atoms with Gasteiger partial charge in [0.1, 0.15) is 5.82 Å². The van der Waals surface area contributed by atoms with Gasteiger partial charge in [-0.05, 0) is 55.7 Å². The van der Waals surface area contributed by atoms with E-state index in [0.29, 0.717) is 0 Å². The molecule has 3 aromatic rings. The largest absolute Gasteiger partial charge is 0.324 e. The lowest BCUT2D eigenvalue weighted by molar-refractivity contribution is 0.786. The number of hydrogen-bond acceptors (Lipinski definition) is 1. The highest BCUT2D eigenvalue weighted by Gasteiger charge is 2.10. The Labute approximate surface area is 124 Å². The zero-order valence-electron chi connectivity index (χ0n) is 11.9. The van der Waals surface area contributed by atoms with Gasteiger partial charge in [0, 0.05) is 5.02 Å². The smallest absolute Gasteiger partial charge is 0.107 e. The van der Waals surface area contributed by atoms with Crippen LogP contribution in [0.1, 0.15) is 22.5 Å². The third-order valence-corrected chi connectivity index (χ3v) is 4.21. The first-order valence-corrected chi connectivity index (χ1v) is 7.11. The lowest BCUT2D eigenvalue weighted by atomic mass is 10.1. The van der Waals surface area contributed by atoms with Crippen LogP contribution in [-0.4, -0.2) is 9.55 Å². The van der Waals surface area contributed by atoms with E-state index >= 15 is 0 Å². The summed E-state index contributed by atoms with van der Waals surface area (Å²) in [4.78, 5) is 4.66. The molecule has 3 rings (SSSR count). The van der Waals surface area contributed by atoms with Gasteiger partial charge in [-0.3, -0.25) is 0 Å². The number of imidazole rings is 1. The predicted molar refractivity (Wildman–Crippen MR) is 84.5 cm³/mol. The molecule has 0 amide bonds. The zero-order chi connectivity index (χ0) is 14.3. The summed E-state index contributed by atoms with van der Waals surface area (Å²) >= 11 is 6.27. The average Bonchev–Trinajstić information content (AvgIpc) is 2.69. The first-order valence-electron chi connectivity index (χ1n) is 6.74. The molecule has 0 aliphatic rings. The second-order valence-corrected chi connectivity index (χ2v) is 5.67. The van der Waals surface area contributed by atoms with Crippen LogP contribution in [0.2, 0.25) is 5.02 Å². The Morgan fingerprint density at radius 3 is 2.50 bits per heavy atom. The van der Waals surface area contributed by atoms with Crippen molar-refractivity contribution in [2.75, 3.05) is 0 Å². The molecule has 1 heterocycles. The molecule has 2 aromatic carbocycles. The molecule has 1 aromatic heterocycles. The molecule has 3 heteroatoms. The number of rotatable bonds is 2. The van der Waals surface area contributed by atoms with Crippen LogP contribution < -0.4 is 0 Å². The van der Waals surface area contributed by atoms with Crippen molar-refractivity contribution in [1.29, 1.82) is 0 Å². The second-order valence-electron chi connectivity index (χ2n) is 5.26. The molecule has 0 unspecified atom stereocenters. The SMILES string of the molecule is Cc1cc2nc(C)n(Cc3ccccc3Cl)c2cc1C. The zero-order valence-corrected chi connectivity index (χ0v) is 12.7. The first-order chi connectivity index (χ1) is 9.56. The molecule has 0 radical (unpaired) electrons. The maximum atomic E-state index is 6.27. The maximum Gasteiger partial charge on any atom is 0.107 e. The Balaban J connectivity index is 2.14. The van der Waals surface area contributed by atoms with Crippen LogP contribution in [0.5, 0.6) is 0 Å².